The summed E-state index contributed by atoms with van der Waals surface area (Å²) >= 11 is 3.87. The van der Waals surface area contributed by atoms with E-state index in [1.54, 1.807) is 0 Å². The second kappa shape index (κ2) is 10.5. The summed E-state index contributed by atoms with van der Waals surface area (Å²) in [5.74, 6) is 2.69. The molecule has 3 nitrogen and oxygen atoms in total. The van der Waals surface area contributed by atoms with Gasteiger partial charge in [-0.15, -0.1) is 0 Å². The molecular formula is C30H33BrO3. The minimum Gasteiger partial charge on any atom is -0.485 e. The Morgan fingerprint density at radius 2 is 1.35 bits per heavy atom. The predicted molar refractivity (Wildman–Crippen MR) is 139 cm³/mol. The lowest BCUT2D eigenvalue weighted by molar-refractivity contribution is -0.0419. The Balaban J connectivity index is 1.41. The molecule has 0 radical (unpaired) electrons. The quantitative estimate of drug-likeness (QED) is 0.330. The average molecular weight is 521 g/mol. The number of alkyl halides is 1. The van der Waals surface area contributed by atoms with Crippen molar-refractivity contribution in [1.29, 1.82) is 0 Å². The van der Waals surface area contributed by atoms with Gasteiger partial charge in [0.05, 0.1) is 0 Å². The highest BCUT2D eigenvalue weighted by atomic mass is 79.9. The van der Waals surface area contributed by atoms with Crippen LogP contribution in [0.25, 0.3) is 0 Å². The van der Waals surface area contributed by atoms with E-state index in [0.29, 0.717) is 30.6 Å². The molecule has 2 aliphatic carbocycles. The first-order valence-electron chi connectivity index (χ1n) is 12.5. The van der Waals surface area contributed by atoms with Crippen molar-refractivity contribution in [3.8, 4) is 11.5 Å². The van der Waals surface area contributed by atoms with Gasteiger partial charge in [-0.1, -0.05) is 108 Å². The molecule has 0 heterocycles. The van der Waals surface area contributed by atoms with Gasteiger partial charge < -0.3 is 14.6 Å². The molecule has 2 fully saturated rings. The molecule has 34 heavy (non-hydrogen) atoms. The van der Waals surface area contributed by atoms with E-state index >= 15 is 0 Å². The second-order valence-corrected chi connectivity index (χ2v) is 11.0. The number of aliphatic hydroxyl groups is 1. The SMILES string of the molecule is OC1(c2ccc(OCc3ccccc3)c(OCc3ccccc3)c2)CC2CCCCC2CC1Br. The summed E-state index contributed by atoms with van der Waals surface area (Å²) < 4.78 is 12.5. The number of benzene rings is 3. The highest BCUT2D eigenvalue weighted by Crippen LogP contribution is 2.51. The highest BCUT2D eigenvalue weighted by molar-refractivity contribution is 9.09. The summed E-state index contributed by atoms with van der Waals surface area (Å²) in [6.07, 6.45) is 6.94. The van der Waals surface area contributed by atoms with Crippen molar-refractivity contribution in [1.82, 2.24) is 0 Å². The molecule has 4 unspecified atom stereocenters. The third kappa shape index (κ3) is 5.18. The molecule has 4 heteroatoms. The zero-order chi connectivity index (χ0) is 23.4. The summed E-state index contributed by atoms with van der Waals surface area (Å²) in [5.41, 5.74) is 2.21. The summed E-state index contributed by atoms with van der Waals surface area (Å²) in [5, 5.41) is 11.9. The molecule has 0 amide bonds. The van der Waals surface area contributed by atoms with E-state index in [4.69, 9.17) is 9.47 Å². The minimum absolute atomic E-state index is 0.0393. The summed E-state index contributed by atoms with van der Waals surface area (Å²) in [4.78, 5) is 0.0393. The maximum atomic E-state index is 11.9. The van der Waals surface area contributed by atoms with Crippen LogP contribution in [0.4, 0.5) is 0 Å². The van der Waals surface area contributed by atoms with E-state index in [9.17, 15) is 5.11 Å². The summed E-state index contributed by atoms with van der Waals surface area (Å²) in [6.45, 7) is 0.920. The maximum Gasteiger partial charge on any atom is 0.162 e. The lowest BCUT2D eigenvalue weighted by Gasteiger charge is -2.47. The molecule has 2 aliphatic rings. The second-order valence-electron chi connectivity index (χ2n) is 9.85. The Morgan fingerprint density at radius 3 is 2.00 bits per heavy atom. The molecule has 0 spiro atoms. The fourth-order valence-corrected chi connectivity index (χ4v) is 6.56. The lowest BCUT2D eigenvalue weighted by Crippen LogP contribution is -2.46. The number of ether oxygens (including phenoxy) is 2. The minimum atomic E-state index is -0.901. The van der Waals surface area contributed by atoms with E-state index in [2.05, 4.69) is 40.2 Å². The van der Waals surface area contributed by atoms with Gasteiger partial charge in [0, 0.05) is 4.83 Å². The molecule has 3 aromatic rings. The Kier molecular flexibility index (Phi) is 7.26. The van der Waals surface area contributed by atoms with Crippen molar-refractivity contribution in [3.63, 3.8) is 0 Å². The predicted octanol–water partition coefficient (Wildman–Crippen LogP) is 7.40. The van der Waals surface area contributed by atoms with E-state index in [1.165, 1.54) is 25.7 Å². The highest BCUT2D eigenvalue weighted by Gasteiger charge is 2.47. The molecule has 5 rings (SSSR count). The van der Waals surface area contributed by atoms with Crippen molar-refractivity contribution >= 4 is 15.9 Å². The number of halogens is 1. The molecule has 0 saturated heterocycles. The van der Waals surface area contributed by atoms with Crippen LogP contribution < -0.4 is 9.47 Å². The van der Waals surface area contributed by atoms with Gasteiger partial charge >= 0.3 is 0 Å². The summed E-state index contributed by atoms with van der Waals surface area (Å²) in [6, 6.07) is 26.3. The Bertz CT molecular complexity index is 1070. The smallest absolute Gasteiger partial charge is 0.162 e. The molecular weight excluding hydrogens is 488 g/mol. The normalized spacial score (nSPS) is 26.5. The van der Waals surface area contributed by atoms with Gasteiger partial charge in [0.25, 0.3) is 0 Å². The van der Waals surface area contributed by atoms with Gasteiger partial charge in [0.1, 0.15) is 18.8 Å². The summed E-state index contributed by atoms with van der Waals surface area (Å²) in [7, 11) is 0. The molecule has 0 bridgehead atoms. The third-order valence-corrected chi connectivity index (χ3v) is 8.72. The zero-order valence-corrected chi connectivity index (χ0v) is 21.1. The van der Waals surface area contributed by atoms with Crippen LogP contribution in [0.2, 0.25) is 0 Å². The van der Waals surface area contributed by atoms with Crippen LogP contribution in [0.5, 0.6) is 11.5 Å². The fraction of sp³-hybridized carbons (Fsp3) is 0.400. The molecule has 3 aromatic carbocycles. The zero-order valence-electron chi connectivity index (χ0n) is 19.5. The largest absolute Gasteiger partial charge is 0.485 e. The van der Waals surface area contributed by atoms with Crippen LogP contribution in [0.3, 0.4) is 0 Å². The number of hydrogen-bond donors (Lipinski definition) is 1. The van der Waals surface area contributed by atoms with Crippen LogP contribution in [-0.4, -0.2) is 9.93 Å². The Hall–Kier alpha value is -2.30. The van der Waals surface area contributed by atoms with Crippen molar-refractivity contribution < 1.29 is 14.6 Å². The van der Waals surface area contributed by atoms with E-state index in [1.807, 2.05) is 54.6 Å². The van der Waals surface area contributed by atoms with Crippen molar-refractivity contribution in [2.75, 3.05) is 0 Å². The standard InChI is InChI=1S/C30H33BrO3/c31-29-17-24-13-7-8-14-25(24)19-30(29,32)26-15-16-27(33-20-22-9-3-1-4-10-22)28(18-26)34-21-23-11-5-2-6-12-23/h1-6,9-12,15-16,18,24-25,29,32H,7-8,13-14,17,19-21H2. The Morgan fingerprint density at radius 1 is 0.765 bits per heavy atom. The Labute approximate surface area is 211 Å². The molecule has 4 atom stereocenters. The van der Waals surface area contributed by atoms with Crippen molar-refractivity contribution in [3.05, 3.63) is 95.6 Å². The van der Waals surface area contributed by atoms with E-state index in [-0.39, 0.29) is 4.83 Å². The van der Waals surface area contributed by atoms with Gasteiger partial charge in [-0.25, -0.2) is 0 Å². The molecule has 2 saturated carbocycles. The average Bonchev–Trinajstić information content (AvgIpc) is 2.88. The number of rotatable bonds is 7. The van der Waals surface area contributed by atoms with Gasteiger partial charge in [-0.2, -0.15) is 0 Å². The van der Waals surface area contributed by atoms with Gasteiger partial charge in [0.15, 0.2) is 11.5 Å². The van der Waals surface area contributed by atoms with Crippen LogP contribution in [0, 0.1) is 11.8 Å². The molecule has 1 N–H and O–H groups in total. The monoisotopic (exact) mass is 520 g/mol. The van der Waals surface area contributed by atoms with Crippen molar-refractivity contribution in [2.24, 2.45) is 11.8 Å². The van der Waals surface area contributed by atoms with Crippen molar-refractivity contribution in [2.45, 2.75) is 62.2 Å². The fourth-order valence-electron chi connectivity index (χ4n) is 5.63. The first-order valence-corrected chi connectivity index (χ1v) is 13.4. The van der Waals surface area contributed by atoms with Gasteiger partial charge in [-0.05, 0) is 53.5 Å². The van der Waals surface area contributed by atoms with E-state index in [0.717, 1.165) is 35.4 Å². The molecule has 0 aromatic heterocycles. The first kappa shape index (κ1) is 23.4. The van der Waals surface area contributed by atoms with E-state index < -0.39 is 5.60 Å². The first-order chi connectivity index (χ1) is 16.6. The van der Waals surface area contributed by atoms with Gasteiger partial charge in [-0.3, -0.25) is 0 Å². The number of hydrogen-bond acceptors (Lipinski definition) is 3. The van der Waals surface area contributed by atoms with Crippen LogP contribution in [-0.2, 0) is 18.8 Å². The lowest BCUT2D eigenvalue weighted by atomic mass is 9.64. The van der Waals surface area contributed by atoms with Crippen LogP contribution in [0.15, 0.2) is 78.9 Å². The van der Waals surface area contributed by atoms with Gasteiger partial charge in [0.2, 0.25) is 0 Å². The van der Waals surface area contributed by atoms with Crippen LogP contribution >= 0.6 is 15.9 Å². The topological polar surface area (TPSA) is 38.7 Å². The van der Waals surface area contributed by atoms with Crippen LogP contribution in [0.1, 0.15) is 55.2 Å². The third-order valence-electron chi connectivity index (χ3n) is 7.59. The maximum absolute atomic E-state index is 11.9. The number of fused-ring (bicyclic) bond motifs is 1. The molecule has 178 valence electrons. The molecule has 0 aliphatic heterocycles.